The van der Waals surface area contributed by atoms with Gasteiger partial charge in [-0.3, -0.25) is 14.5 Å². The van der Waals surface area contributed by atoms with Crippen molar-refractivity contribution < 1.29 is 9.59 Å². The van der Waals surface area contributed by atoms with E-state index in [9.17, 15) is 9.59 Å². The van der Waals surface area contributed by atoms with Crippen molar-refractivity contribution >= 4 is 11.7 Å². The Labute approximate surface area is 169 Å². The van der Waals surface area contributed by atoms with Gasteiger partial charge < -0.3 is 9.47 Å². The summed E-state index contributed by atoms with van der Waals surface area (Å²) in [5, 5.41) is 0. The fourth-order valence-corrected chi connectivity index (χ4v) is 3.62. The highest BCUT2D eigenvalue weighted by molar-refractivity contribution is 5.92. The monoisotopic (exact) mass is 388 g/mol. The number of unbranched alkanes of at least 4 members (excludes halogenated alkanes) is 3. The minimum Gasteiger partial charge on any atom is -0.330 e. The first-order chi connectivity index (χ1) is 13.5. The number of aromatic nitrogens is 2. The molecule has 0 aromatic carbocycles. The molecule has 1 aliphatic heterocycles. The van der Waals surface area contributed by atoms with Crippen LogP contribution in [0.15, 0.2) is 18.3 Å². The lowest BCUT2D eigenvalue weighted by Crippen LogP contribution is -2.38. The van der Waals surface area contributed by atoms with E-state index >= 15 is 0 Å². The summed E-state index contributed by atoms with van der Waals surface area (Å²) >= 11 is 0. The van der Waals surface area contributed by atoms with Crippen molar-refractivity contribution in [2.45, 2.75) is 78.9 Å². The molecule has 0 fully saturated rings. The first kappa shape index (κ1) is 22.3. The third-order valence-electron chi connectivity index (χ3n) is 5.65. The average Bonchev–Trinajstić information content (AvgIpc) is 3.12. The third kappa shape index (κ3) is 6.03. The quantitative estimate of drug-likeness (QED) is 0.330. The molecular weight excluding hydrogens is 352 g/mol. The molecule has 1 aromatic rings. The van der Waals surface area contributed by atoms with Gasteiger partial charge in [-0.25, -0.2) is 4.98 Å². The van der Waals surface area contributed by atoms with E-state index in [0.29, 0.717) is 31.4 Å². The second-order valence-corrected chi connectivity index (χ2v) is 7.74. The molecule has 6 nitrogen and oxygen atoms in total. The number of imidazole rings is 1. The molecule has 0 N–H and O–H groups in total. The highest BCUT2D eigenvalue weighted by Crippen LogP contribution is 2.15. The van der Waals surface area contributed by atoms with Gasteiger partial charge in [0.15, 0.2) is 5.78 Å². The van der Waals surface area contributed by atoms with Gasteiger partial charge in [-0.2, -0.15) is 0 Å². The van der Waals surface area contributed by atoms with Gasteiger partial charge in [0.1, 0.15) is 11.5 Å². The van der Waals surface area contributed by atoms with Gasteiger partial charge >= 0.3 is 0 Å². The van der Waals surface area contributed by atoms with Gasteiger partial charge in [0.25, 0.3) is 0 Å². The van der Waals surface area contributed by atoms with Crippen LogP contribution in [-0.4, -0.2) is 56.7 Å². The molecule has 0 aliphatic carbocycles. The number of ketones is 1. The summed E-state index contributed by atoms with van der Waals surface area (Å²) in [6.45, 7) is 11.8. The van der Waals surface area contributed by atoms with Crippen molar-refractivity contribution in [1.82, 2.24) is 19.4 Å². The zero-order valence-corrected chi connectivity index (χ0v) is 18.0. The average molecular weight is 389 g/mol. The van der Waals surface area contributed by atoms with Crippen LogP contribution in [0.5, 0.6) is 0 Å². The van der Waals surface area contributed by atoms with Crippen molar-refractivity contribution in [2.24, 2.45) is 0 Å². The van der Waals surface area contributed by atoms with E-state index in [1.165, 1.54) is 25.7 Å². The van der Waals surface area contributed by atoms with E-state index in [0.717, 1.165) is 25.3 Å². The molecule has 0 bridgehead atoms. The fraction of sp³-hybridized carbons (Fsp3) is 0.682. The van der Waals surface area contributed by atoms with Crippen LogP contribution in [0.2, 0.25) is 0 Å². The summed E-state index contributed by atoms with van der Waals surface area (Å²) in [5.74, 6) is 0.826. The highest BCUT2D eigenvalue weighted by atomic mass is 16.2. The van der Waals surface area contributed by atoms with E-state index in [4.69, 9.17) is 0 Å². The lowest BCUT2D eigenvalue weighted by molar-refractivity contribution is -0.127. The minimum absolute atomic E-state index is 0.0162. The molecule has 6 heteroatoms. The van der Waals surface area contributed by atoms with Gasteiger partial charge in [-0.15, -0.1) is 0 Å². The Balaban J connectivity index is 1.88. The molecule has 1 unspecified atom stereocenters. The molecule has 1 aliphatic rings. The summed E-state index contributed by atoms with van der Waals surface area (Å²) in [6.07, 6.45) is 11.5. The lowest BCUT2D eigenvalue weighted by atomic mass is 10.1. The van der Waals surface area contributed by atoms with Crippen molar-refractivity contribution in [1.29, 1.82) is 0 Å². The Morgan fingerprint density at radius 1 is 1.25 bits per heavy atom. The van der Waals surface area contributed by atoms with Crippen LogP contribution in [-0.2, 0) is 17.9 Å². The van der Waals surface area contributed by atoms with Crippen LogP contribution >= 0.6 is 0 Å². The van der Waals surface area contributed by atoms with Crippen molar-refractivity contribution in [2.75, 3.05) is 19.6 Å². The Bertz CT molecular complexity index is 680. The number of hydrogen-bond acceptors (Lipinski definition) is 4. The number of Topliss-reactive ketones (excluding diaryl/α,β-unsaturated/α-hetero) is 1. The Kier molecular flexibility index (Phi) is 8.90. The van der Waals surface area contributed by atoms with Crippen LogP contribution in [0.25, 0.3) is 0 Å². The van der Waals surface area contributed by atoms with Gasteiger partial charge in [0.05, 0.1) is 12.7 Å². The van der Waals surface area contributed by atoms with Crippen LogP contribution in [0, 0.1) is 0 Å². The van der Waals surface area contributed by atoms with E-state index in [2.05, 4.69) is 30.7 Å². The first-order valence-corrected chi connectivity index (χ1v) is 10.7. The molecule has 0 spiro atoms. The maximum Gasteiger partial charge on any atom is 0.246 e. The van der Waals surface area contributed by atoms with Gasteiger partial charge in [0, 0.05) is 38.7 Å². The molecule has 28 heavy (non-hydrogen) atoms. The largest absolute Gasteiger partial charge is 0.330 e. The fourth-order valence-electron chi connectivity index (χ4n) is 3.62. The Morgan fingerprint density at radius 2 is 2.04 bits per heavy atom. The Hall–Kier alpha value is -1.95. The van der Waals surface area contributed by atoms with Crippen molar-refractivity contribution in [3.8, 4) is 0 Å². The van der Waals surface area contributed by atoms with E-state index < -0.39 is 0 Å². The maximum atomic E-state index is 12.6. The molecule has 0 saturated carbocycles. The molecule has 2 rings (SSSR count). The number of nitrogens with zero attached hydrogens (tertiary/aromatic N) is 4. The highest BCUT2D eigenvalue weighted by Gasteiger charge is 2.23. The molecule has 1 aromatic heterocycles. The number of hydrogen-bond donors (Lipinski definition) is 0. The zero-order valence-electron chi connectivity index (χ0n) is 18.0. The molecule has 0 saturated heterocycles. The molecular formula is C22H36N4O2. The summed E-state index contributed by atoms with van der Waals surface area (Å²) in [4.78, 5) is 32.8. The second kappa shape index (κ2) is 11.1. The predicted molar refractivity (Wildman–Crippen MR) is 112 cm³/mol. The molecule has 1 atom stereocenters. The van der Waals surface area contributed by atoms with E-state index in [1.807, 2.05) is 10.6 Å². The normalized spacial score (nSPS) is 15.2. The number of carbonyl (C=O) groups excluding carboxylic acids is 2. The number of fused-ring (bicyclic) bond motifs is 1. The van der Waals surface area contributed by atoms with Crippen LogP contribution in [0.3, 0.4) is 0 Å². The van der Waals surface area contributed by atoms with E-state index in [1.54, 1.807) is 24.1 Å². The molecule has 1 amide bonds. The standard InChI is InChI=1S/C22H36N4O2/c1-5-7-8-9-12-24(18(3)6-2)13-10-11-22(28)25-14-15-26-20(19(4)27)16-23-21(26)17-25/h10-11,16,18H,5-9,12-15,17H2,1-4H3/b11-10+. The minimum atomic E-state index is 0.0162. The summed E-state index contributed by atoms with van der Waals surface area (Å²) in [6, 6.07) is 0.522. The Morgan fingerprint density at radius 3 is 2.71 bits per heavy atom. The van der Waals surface area contributed by atoms with Crippen molar-refractivity contribution in [3.05, 3.63) is 29.9 Å². The predicted octanol–water partition coefficient (Wildman–Crippen LogP) is 3.66. The topological polar surface area (TPSA) is 58.4 Å². The van der Waals surface area contributed by atoms with Crippen molar-refractivity contribution in [3.63, 3.8) is 0 Å². The molecule has 156 valence electrons. The maximum absolute atomic E-state index is 12.6. The number of carbonyl (C=O) groups is 2. The lowest BCUT2D eigenvalue weighted by Gasteiger charge is -2.28. The van der Waals surface area contributed by atoms with Gasteiger partial charge in [-0.1, -0.05) is 39.2 Å². The van der Waals surface area contributed by atoms with Crippen LogP contribution in [0.1, 0.15) is 76.1 Å². The first-order valence-electron chi connectivity index (χ1n) is 10.7. The third-order valence-corrected chi connectivity index (χ3v) is 5.65. The number of amides is 1. The van der Waals surface area contributed by atoms with Crippen LogP contribution < -0.4 is 0 Å². The van der Waals surface area contributed by atoms with Gasteiger partial charge in [0.2, 0.25) is 5.91 Å². The van der Waals surface area contributed by atoms with Gasteiger partial charge in [-0.05, 0) is 26.3 Å². The molecule has 0 radical (unpaired) electrons. The second-order valence-electron chi connectivity index (χ2n) is 7.74. The summed E-state index contributed by atoms with van der Waals surface area (Å²) in [5.41, 5.74) is 0.630. The van der Waals surface area contributed by atoms with E-state index in [-0.39, 0.29) is 11.7 Å². The molecule has 2 heterocycles. The number of rotatable bonds is 11. The van der Waals surface area contributed by atoms with Crippen LogP contribution in [0.4, 0.5) is 0 Å². The zero-order chi connectivity index (χ0) is 20.5. The SMILES string of the molecule is CCCCCCN(C/C=C/C(=O)N1CCn2c(C(C)=O)cnc2C1)C(C)CC. The summed E-state index contributed by atoms with van der Waals surface area (Å²) in [7, 11) is 0. The smallest absolute Gasteiger partial charge is 0.246 e. The summed E-state index contributed by atoms with van der Waals surface area (Å²) < 4.78 is 1.93.